The summed E-state index contributed by atoms with van der Waals surface area (Å²) in [5.41, 5.74) is 0.583. The molecule has 0 radical (unpaired) electrons. The Hall–Kier alpha value is -0.791. The van der Waals surface area contributed by atoms with E-state index in [1.807, 2.05) is 14.8 Å². The first-order chi connectivity index (χ1) is 8.12. The van der Waals surface area contributed by atoms with Crippen LogP contribution < -0.4 is 3.58 Å². The van der Waals surface area contributed by atoms with Crippen LogP contribution in [0.3, 0.4) is 0 Å². The van der Waals surface area contributed by atoms with Crippen LogP contribution in [0.25, 0.3) is 11.0 Å². The van der Waals surface area contributed by atoms with Crippen molar-refractivity contribution in [1.29, 1.82) is 0 Å². The van der Waals surface area contributed by atoms with Crippen LogP contribution in [-0.4, -0.2) is 28.7 Å². The van der Waals surface area contributed by atoms with Crippen molar-refractivity contribution < 1.29 is 17.8 Å². The van der Waals surface area contributed by atoms with Crippen LogP contribution >= 0.6 is 0 Å². The normalized spacial score (nSPS) is 13.3. The summed E-state index contributed by atoms with van der Waals surface area (Å²) >= 11 is -3.00. The molecule has 0 fully saturated rings. The van der Waals surface area contributed by atoms with Crippen molar-refractivity contribution in [2.75, 3.05) is 0 Å². The molecule has 0 amide bonds. The third-order valence-corrected chi connectivity index (χ3v) is 8.51. The molecule has 0 saturated carbocycles. The number of aromatic nitrogens is 2. The molecule has 98 valence electrons. The first kappa shape index (κ1) is 13.6. The summed E-state index contributed by atoms with van der Waals surface area (Å²) in [6.07, 6.45) is -4.36. The molecule has 0 unspecified atom stereocenters. The average molecular weight is 365 g/mol. The predicted octanol–water partition coefficient (Wildman–Crippen LogP) is 3.10. The van der Waals surface area contributed by atoms with E-state index in [-0.39, 0.29) is 5.52 Å². The Morgan fingerprint density at radius 3 is 2.17 bits per heavy atom. The van der Waals surface area contributed by atoms with Gasteiger partial charge in [-0.1, -0.05) is 0 Å². The van der Waals surface area contributed by atoms with Gasteiger partial charge in [0.2, 0.25) is 0 Å². The van der Waals surface area contributed by atoms with E-state index in [1.165, 1.54) is 0 Å². The van der Waals surface area contributed by atoms with Crippen LogP contribution in [-0.2, 0) is 6.18 Å². The Balaban J connectivity index is 2.93. The zero-order chi connectivity index (χ0) is 13.7. The molecular weight excluding hydrogens is 352 g/mol. The second-order valence-electron chi connectivity index (χ2n) is 5.33. The van der Waals surface area contributed by atoms with E-state index in [9.17, 15) is 13.2 Å². The quantitative estimate of drug-likeness (QED) is 0.730. The number of fused-ring (bicyclic) bond motifs is 1. The first-order valence-electron chi connectivity index (χ1n) is 5.46. The van der Waals surface area contributed by atoms with Gasteiger partial charge < -0.3 is 0 Å². The van der Waals surface area contributed by atoms with Crippen molar-refractivity contribution >= 4 is 33.0 Å². The van der Waals surface area contributed by atoms with E-state index >= 15 is 0 Å². The minimum atomic E-state index is -4.36. The van der Waals surface area contributed by atoms with Crippen molar-refractivity contribution in [2.24, 2.45) is 0 Å². The SMILES string of the molecule is Cc1cc(C(F)(F)F)[c]([Sn]([CH3])([CH3])[CH3])c2nonc12. The molecule has 1 heterocycles. The maximum absolute atomic E-state index is 13.1. The molecule has 0 aliphatic rings. The summed E-state index contributed by atoms with van der Waals surface area (Å²) in [4.78, 5) is 5.76. The molecule has 0 aliphatic carbocycles. The average Bonchev–Trinajstić information content (AvgIpc) is 2.62. The van der Waals surface area contributed by atoms with Crippen LogP contribution in [0, 0.1) is 6.92 Å². The fraction of sp³-hybridized carbons (Fsp3) is 0.455. The maximum atomic E-state index is 13.1. The molecule has 0 saturated heterocycles. The van der Waals surface area contributed by atoms with Gasteiger partial charge in [0.05, 0.1) is 0 Å². The van der Waals surface area contributed by atoms with Crippen molar-refractivity contribution in [1.82, 2.24) is 10.3 Å². The van der Waals surface area contributed by atoms with Gasteiger partial charge >= 0.3 is 106 Å². The van der Waals surface area contributed by atoms with Crippen LogP contribution in [0.1, 0.15) is 11.1 Å². The van der Waals surface area contributed by atoms with Crippen molar-refractivity contribution in [2.45, 2.75) is 27.9 Å². The molecule has 0 aliphatic heterocycles. The molecule has 2 rings (SSSR count). The molecule has 7 heteroatoms. The van der Waals surface area contributed by atoms with E-state index in [0.717, 1.165) is 6.07 Å². The molecule has 18 heavy (non-hydrogen) atoms. The van der Waals surface area contributed by atoms with Gasteiger partial charge in [-0.05, 0) is 0 Å². The fourth-order valence-electron chi connectivity index (χ4n) is 2.08. The molecule has 1 aromatic heterocycles. The second kappa shape index (κ2) is 4.11. The summed E-state index contributed by atoms with van der Waals surface area (Å²) in [5.74, 6) is 0. The number of aryl methyl sites for hydroxylation is 1. The Morgan fingerprint density at radius 2 is 1.67 bits per heavy atom. The number of hydrogen-bond donors (Lipinski definition) is 0. The van der Waals surface area contributed by atoms with E-state index in [0.29, 0.717) is 14.7 Å². The monoisotopic (exact) mass is 366 g/mol. The summed E-state index contributed by atoms with van der Waals surface area (Å²) in [6, 6.07) is 1.16. The van der Waals surface area contributed by atoms with Crippen LogP contribution in [0.15, 0.2) is 10.7 Å². The molecule has 2 aromatic rings. The standard InChI is InChI=1S/C8H4F3N2O.3CH3.Sn/c1-4-2-5(8(9,10)11)3-6-7(4)13-14-12-6;;;;/h2H,1H3;3*1H3;. The zero-order valence-electron chi connectivity index (χ0n) is 10.5. The van der Waals surface area contributed by atoms with Gasteiger partial charge in [0.1, 0.15) is 0 Å². The summed E-state index contributed by atoms with van der Waals surface area (Å²) in [7, 11) is 0. The van der Waals surface area contributed by atoms with Gasteiger partial charge in [-0.3, -0.25) is 0 Å². The Kier molecular flexibility index (Phi) is 3.11. The number of rotatable bonds is 1. The number of halogens is 3. The Bertz CT molecular complexity index is 599. The van der Waals surface area contributed by atoms with Crippen LogP contribution in [0.2, 0.25) is 14.8 Å². The van der Waals surface area contributed by atoms with Gasteiger partial charge in [-0.2, -0.15) is 0 Å². The number of benzene rings is 1. The van der Waals surface area contributed by atoms with E-state index in [1.54, 1.807) is 6.92 Å². The number of nitrogens with zero attached hydrogens (tertiary/aromatic N) is 2. The molecule has 3 nitrogen and oxygen atoms in total. The fourth-order valence-corrected chi connectivity index (χ4v) is 7.49. The third-order valence-electron chi connectivity index (χ3n) is 2.78. The Morgan fingerprint density at radius 1 is 1.11 bits per heavy atom. The van der Waals surface area contributed by atoms with Crippen molar-refractivity contribution in [3.8, 4) is 0 Å². The van der Waals surface area contributed by atoms with Gasteiger partial charge in [-0.15, -0.1) is 0 Å². The van der Waals surface area contributed by atoms with E-state index < -0.39 is 30.1 Å². The molecule has 0 bridgehead atoms. The molecule has 0 N–H and O–H groups in total. The molecule has 0 atom stereocenters. The topological polar surface area (TPSA) is 38.9 Å². The molecular formula is C11H13F3N2OSn. The van der Waals surface area contributed by atoms with E-state index in [2.05, 4.69) is 14.9 Å². The number of alkyl halides is 3. The second-order valence-corrected chi connectivity index (χ2v) is 19.6. The van der Waals surface area contributed by atoms with Crippen molar-refractivity contribution in [3.05, 3.63) is 17.2 Å². The molecule has 1 aromatic carbocycles. The third kappa shape index (κ3) is 2.22. The molecule has 0 spiro atoms. The van der Waals surface area contributed by atoms with E-state index in [4.69, 9.17) is 0 Å². The van der Waals surface area contributed by atoms with Crippen molar-refractivity contribution in [3.63, 3.8) is 0 Å². The zero-order valence-corrected chi connectivity index (χ0v) is 13.4. The summed E-state index contributed by atoms with van der Waals surface area (Å²) in [5, 5.41) is 7.38. The van der Waals surface area contributed by atoms with Gasteiger partial charge in [0, 0.05) is 0 Å². The number of hydrogen-bond acceptors (Lipinski definition) is 3. The van der Waals surface area contributed by atoms with Crippen LogP contribution in [0.5, 0.6) is 0 Å². The summed E-state index contributed by atoms with van der Waals surface area (Å²) in [6.45, 7) is 1.59. The van der Waals surface area contributed by atoms with Gasteiger partial charge in [0.25, 0.3) is 0 Å². The van der Waals surface area contributed by atoms with Gasteiger partial charge in [0.15, 0.2) is 0 Å². The first-order valence-corrected chi connectivity index (χ1v) is 15.4. The summed E-state index contributed by atoms with van der Waals surface area (Å²) < 4.78 is 44.4. The predicted molar refractivity (Wildman–Crippen MR) is 64.5 cm³/mol. The minimum absolute atomic E-state index is 0.283. The van der Waals surface area contributed by atoms with Gasteiger partial charge in [-0.25, -0.2) is 0 Å². The Labute approximate surface area is 106 Å². The van der Waals surface area contributed by atoms with Crippen LogP contribution in [0.4, 0.5) is 13.2 Å².